The maximum Gasteiger partial charge on any atom is 0.276 e. The van der Waals surface area contributed by atoms with Crippen molar-refractivity contribution in [2.45, 2.75) is 79.9 Å². The number of hydrogen-bond acceptors (Lipinski definition) is 8. The molecule has 48 heavy (non-hydrogen) atoms. The Morgan fingerprint density at radius 1 is 0.792 bits per heavy atom. The van der Waals surface area contributed by atoms with Gasteiger partial charge in [-0.15, -0.1) is 0 Å². The minimum atomic E-state index is -0.736. The summed E-state index contributed by atoms with van der Waals surface area (Å²) >= 11 is 0. The Kier molecular flexibility index (Phi) is 9.16. The number of anilines is 3. The van der Waals surface area contributed by atoms with E-state index in [1.165, 1.54) is 0 Å². The largest absolute Gasteiger partial charge is 0.389 e. The molecule has 4 N–H and O–H groups in total. The molecule has 4 heterocycles. The van der Waals surface area contributed by atoms with Gasteiger partial charge in [-0.3, -0.25) is 14.8 Å². The molecular weight excluding hydrogens is 608 g/mol. The number of imidazole rings is 2. The molecule has 0 aliphatic heterocycles. The van der Waals surface area contributed by atoms with Crippen molar-refractivity contribution in [1.82, 2.24) is 38.7 Å². The first-order chi connectivity index (χ1) is 23.1. The van der Waals surface area contributed by atoms with E-state index in [-0.39, 0.29) is 5.91 Å². The molecule has 6 rings (SSSR count). The number of aliphatic hydroxyl groups excluding tert-OH is 2. The molecule has 0 fully saturated rings. The molecule has 0 radical (unpaired) electrons. The predicted molar refractivity (Wildman–Crippen MR) is 186 cm³/mol. The average Bonchev–Trinajstić information content (AvgIpc) is 3.81. The molecule has 2 atom stereocenters. The van der Waals surface area contributed by atoms with Gasteiger partial charge in [-0.2, -0.15) is 10.2 Å². The summed E-state index contributed by atoms with van der Waals surface area (Å²) in [7, 11) is 0. The fraction of sp³-hybridized carbons (Fsp3) is 0.343. The van der Waals surface area contributed by atoms with Crippen LogP contribution in [0.4, 0.5) is 17.7 Å². The van der Waals surface area contributed by atoms with Crippen LogP contribution in [0, 0.1) is 13.8 Å². The molecule has 6 aromatic rings. The number of nitrogens with one attached hydrogen (secondary N) is 2. The van der Waals surface area contributed by atoms with Crippen molar-refractivity contribution in [2.24, 2.45) is 0 Å². The Morgan fingerprint density at radius 2 is 1.31 bits per heavy atom. The van der Waals surface area contributed by atoms with Crippen LogP contribution < -0.4 is 10.6 Å². The van der Waals surface area contributed by atoms with Gasteiger partial charge in [0.15, 0.2) is 0 Å². The lowest BCUT2D eigenvalue weighted by Gasteiger charge is -2.11. The number of hydrogen-bond donors (Lipinski definition) is 4. The lowest BCUT2D eigenvalue weighted by atomic mass is 10.1. The van der Waals surface area contributed by atoms with Gasteiger partial charge in [0.1, 0.15) is 11.5 Å². The van der Waals surface area contributed by atoms with Crippen LogP contribution in [-0.2, 0) is 26.2 Å². The molecular formula is C35H42N10O3. The summed E-state index contributed by atoms with van der Waals surface area (Å²) in [6, 6.07) is 15.2. The van der Waals surface area contributed by atoms with Gasteiger partial charge < -0.3 is 24.7 Å². The second-order valence-electron chi connectivity index (χ2n) is 11.9. The fourth-order valence-corrected chi connectivity index (χ4v) is 6.07. The van der Waals surface area contributed by atoms with E-state index in [2.05, 4.69) is 25.4 Å². The Morgan fingerprint density at radius 3 is 1.88 bits per heavy atom. The monoisotopic (exact) mass is 650 g/mol. The highest BCUT2D eigenvalue weighted by Crippen LogP contribution is 2.30. The summed E-state index contributed by atoms with van der Waals surface area (Å²) in [6.07, 6.45) is 2.63. The van der Waals surface area contributed by atoms with E-state index >= 15 is 0 Å². The zero-order valence-electron chi connectivity index (χ0n) is 28.1. The van der Waals surface area contributed by atoms with Crippen molar-refractivity contribution in [2.75, 3.05) is 10.6 Å². The molecule has 250 valence electrons. The van der Waals surface area contributed by atoms with Crippen LogP contribution >= 0.6 is 0 Å². The Labute approximate surface area is 278 Å². The molecule has 4 aromatic heterocycles. The third kappa shape index (κ3) is 6.21. The van der Waals surface area contributed by atoms with Gasteiger partial charge in [0.05, 0.1) is 45.7 Å². The molecule has 13 heteroatoms. The number of amides is 1. The Bertz CT molecular complexity index is 2130. The summed E-state index contributed by atoms with van der Waals surface area (Å²) in [6.45, 7) is 13.4. The summed E-state index contributed by atoms with van der Waals surface area (Å²) in [5.41, 5.74) is 6.54. The number of fused-ring (bicyclic) bond motifs is 2. The normalized spacial score (nSPS) is 13.2. The first-order valence-corrected chi connectivity index (χ1v) is 16.3. The second kappa shape index (κ2) is 13.5. The Balaban J connectivity index is 1.34. The van der Waals surface area contributed by atoms with Crippen LogP contribution in [0.25, 0.3) is 22.1 Å². The van der Waals surface area contributed by atoms with E-state index in [9.17, 15) is 15.0 Å². The van der Waals surface area contributed by atoms with Crippen molar-refractivity contribution in [3.8, 4) is 0 Å². The molecule has 2 aromatic carbocycles. The third-order valence-electron chi connectivity index (χ3n) is 8.36. The summed E-state index contributed by atoms with van der Waals surface area (Å²) in [5, 5.41) is 36.4. The Hall–Kier alpha value is -5.27. The van der Waals surface area contributed by atoms with E-state index in [4.69, 9.17) is 9.97 Å². The number of carbonyl (C=O) groups is 1. The molecule has 0 spiro atoms. The highest BCUT2D eigenvalue weighted by Gasteiger charge is 2.21. The molecule has 0 bridgehead atoms. The van der Waals surface area contributed by atoms with E-state index < -0.39 is 12.2 Å². The van der Waals surface area contributed by atoms with Crippen LogP contribution in [0.5, 0.6) is 0 Å². The quantitative estimate of drug-likeness (QED) is 0.121. The summed E-state index contributed by atoms with van der Waals surface area (Å²) in [4.78, 5) is 23.2. The number of benzene rings is 2. The van der Waals surface area contributed by atoms with Crippen LogP contribution in [0.3, 0.4) is 0 Å². The number of para-hydroxylation sites is 2. The predicted octanol–water partition coefficient (Wildman–Crippen LogP) is 5.79. The first kappa shape index (κ1) is 32.7. The smallest absolute Gasteiger partial charge is 0.276 e. The van der Waals surface area contributed by atoms with Crippen molar-refractivity contribution >= 4 is 45.7 Å². The van der Waals surface area contributed by atoms with Gasteiger partial charge in [-0.25, -0.2) is 14.6 Å². The summed E-state index contributed by atoms with van der Waals surface area (Å²) < 4.78 is 7.54. The zero-order chi connectivity index (χ0) is 34.1. The number of nitrogens with zero attached hydrogens (tertiary/aromatic N) is 8. The molecule has 13 nitrogen and oxygen atoms in total. The standard InChI is InChI=1S/C35H42N10O3/c1-7-44-29(19-21(3)40-44)33(48)39-35-38-32-26(24(6)47)14-12-16-28(32)43(35)18-10-9-17-42-27-15-11-13-25(23(5)46)31(27)37-34(42)36-30-20-22(4)41-45(30)8-2/h9-16,19-20,23-24,46-47H,7-8,17-18H2,1-6H3,(H,36,37)(H,38,39,48)/b10-9+. The van der Waals surface area contributed by atoms with Gasteiger partial charge >= 0.3 is 0 Å². The van der Waals surface area contributed by atoms with Crippen molar-refractivity contribution in [1.29, 1.82) is 0 Å². The van der Waals surface area contributed by atoms with Gasteiger partial charge in [-0.05, 0) is 59.7 Å². The lowest BCUT2D eigenvalue weighted by molar-refractivity contribution is 0.101. The number of aliphatic hydroxyl groups is 2. The van der Waals surface area contributed by atoms with Crippen molar-refractivity contribution in [3.05, 3.63) is 88.9 Å². The SMILES string of the molecule is CCn1nc(C)cc1Nc1nc2c(C(C)O)cccc2n1C/C=C/Cn1c(NC(=O)c2cc(C)nn2CC)nc2c(C(C)O)cccc21. The van der Waals surface area contributed by atoms with Crippen molar-refractivity contribution in [3.63, 3.8) is 0 Å². The number of allylic oxidation sites excluding steroid dienone is 2. The van der Waals surface area contributed by atoms with Crippen molar-refractivity contribution < 1.29 is 15.0 Å². The average molecular weight is 651 g/mol. The molecule has 0 saturated carbocycles. The van der Waals surface area contributed by atoms with E-state index in [0.29, 0.717) is 54.8 Å². The maximum absolute atomic E-state index is 13.4. The van der Waals surface area contributed by atoms with Gasteiger partial charge in [0, 0.05) is 43.4 Å². The van der Waals surface area contributed by atoms with Crippen LogP contribution in [0.2, 0.25) is 0 Å². The van der Waals surface area contributed by atoms with E-state index in [1.54, 1.807) is 24.6 Å². The van der Waals surface area contributed by atoms with Gasteiger partial charge in [0.2, 0.25) is 11.9 Å². The minimum absolute atomic E-state index is 0.312. The number of carbonyl (C=O) groups excluding carboxylic acids is 1. The highest BCUT2D eigenvalue weighted by molar-refractivity contribution is 6.03. The number of aromatic nitrogens is 8. The molecule has 0 saturated heterocycles. The zero-order valence-corrected chi connectivity index (χ0v) is 28.1. The van der Waals surface area contributed by atoms with E-state index in [0.717, 1.165) is 39.3 Å². The van der Waals surface area contributed by atoms with Gasteiger partial charge in [0.25, 0.3) is 5.91 Å². The number of aryl methyl sites for hydroxylation is 4. The van der Waals surface area contributed by atoms with E-state index in [1.807, 2.05) is 91.6 Å². The first-order valence-electron chi connectivity index (χ1n) is 16.3. The third-order valence-corrected chi connectivity index (χ3v) is 8.36. The highest BCUT2D eigenvalue weighted by atomic mass is 16.3. The molecule has 0 aliphatic rings. The molecule has 0 aliphatic carbocycles. The van der Waals surface area contributed by atoms with Crippen LogP contribution in [0.1, 0.15) is 72.9 Å². The van der Waals surface area contributed by atoms with Crippen LogP contribution in [0.15, 0.2) is 60.7 Å². The number of rotatable bonds is 12. The van der Waals surface area contributed by atoms with Crippen LogP contribution in [-0.4, -0.2) is 54.8 Å². The lowest BCUT2D eigenvalue weighted by Crippen LogP contribution is -2.19. The second-order valence-corrected chi connectivity index (χ2v) is 11.9. The fourth-order valence-electron chi connectivity index (χ4n) is 6.07. The molecule has 2 unspecified atom stereocenters. The molecule has 1 amide bonds. The topological polar surface area (TPSA) is 153 Å². The van der Waals surface area contributed by atoms with Gasteiger partial charge in [-0.1, -0.05) is 36.4 Å². The summed E-state index contributed by atoms with van der Waals surface area (Å²) in [5.74, 6) is 1.51. The maximum atomic E-state index is 13.4. The minimum Gasteiger partial charge on any atom is -0.389 e.